The molecule has 3 N–H and O–H groups in total. The Labute approximate surface area is 120 Å². The van der Waals surface area contributed by atoms with Crippen LogP contribution in [0.2, 0.25) is 0 Å². The second kappa shape index (κ2) is 8.23. The highest BCUT2D eigenvalue weighted by molar-refractivity contribution is 5.01. The van der Waals surface area contributed by atoms with Crippen LogP contribution in [0.3, 0.4) is 0 Å². The van der Waals surface area contributed by atoms with Crippen molar-refractivity contribution in [3.05, 3.63) is 0 Å². The van der Waals surface area contributed by atoms with E-state index < -0.39 is 0 Å². The fourth-order valence-electron chi connectivity index (χ4n) is 3.88. The van der Waals surface area contributed by atoms with E-state index in [1.54, 1.807) is 0 Å². The molecule has 0 aromatic carbocycles. The lowest BCUT2D eigenvalue weighted by Gasteiger charge is -2.50. The minimum absolute atomic E-state index is 0.263. The van der Waals surface area contributed by atoms with E-state index in [4.69, 9.17) is 5.84 Å². The van der Waals surface area contributed by atoms with E-state index in [2.05, 4.69) is 38.3 Å². The molecule has 1 aliphatic carbocycles. The first-order valence-corrected chi connectivity index (χ1v) is 8.20. The number of nitrogens with zero attached hydrogens (tertiary/aromatic N) is 1. The van der Waals surface area contributed by atoms with Crippen molar-refractivity contribution in [2.75, 3.05) is 14.1 Å². The number of rotatable bonds is 8. The summed E-state index contributed by atoms with van der Waals surface area (Å²) in [6, 6.07) is 0.433. The van der Waals surface area contributed by atoms with Gasteiger partial charge in [-0.05, 0) is 39.3 Å². The third-order valence-corrected chi connectivity index (χ3v) is 5.10. The number of unbranched alkanes of at least 4 members (excludes halogenated alkanes) is 3. The largest absolute Gasteiger partial charge is 0.302 e. The van der Waals surface area contributed by atoms with Gasteiger partial charge >= 0.3 is 0 Å². The summed E-state index contributed by atoms with van der Waals surface area (Å²) >= 11 is 0. The maximum absolute atomic E-state index is 5.91. The fraction of sp³-hybridized carbons (Fsp3) is 1.00. The smallest absolute Gasteiger partial charge is 0.0394 e. The van der Waals surface area contributed by atoms with Crippen LogP contribution in [-0.2, 0) is 0 Å². The summed E-state index contributed by atoms with van der Waals surface area (Å²) in [6.45, 7) is 4.66. The molecule has 0 spiro atoms. The number of hydrogen-bond acceptors (Lipinski definition) is 3. The molecule has 1 aliphatic rings. The number of hydrazine groups is 1. The molecule has 0 bridgehead atoms. The summed E-state index contributed by atoms with van der Waals surface area (Å²) in [7, 11) is 4.46. The lowest BCUT2D eigenvalue weighted by atomic mass is 9.70. The van der Waals surface area contributed by atoms with Crippen molar-refractivity contribution in [2.45, 2.75) is 83.2 Å². The van der Waals surface area contributed by atoms with Crippen LogP contribution >= 0.6 is 0 Å². The van der Waals surface area contributed by atoms with Gasteiger partial charge in [0, 0.05) is 11.6 Å². The second-order valence-corrected chi connectivity index (χ2v) is 6.77. The number of hydrogen-bond donors (Lipinski definition) is 2. The zero-order chi connectivity index (χ0) is 14.3. The molecule has 1 fully saturated rings. The van der Waals surface area contributed by atoms with Crippen molar-refractivity contribution in [1.29, 1.82) is 0 Å². The van der Waals surface area contributed by atoms with Gasteiger partial charge in [0.05, 0.1) is 0 Å². The van der Waals surface area contributed by atoms with Crippen LogP contribution in [0.15, 0.2) is 0 Å². The SMILES string of the molecule is CCCCCCC(NN)C1(N(C)C)CCCC(C)C1. The van der Waals surface area contributed by atoms with Gasteiger partial charge in [-0.2, -0.15) is 0 Å². The Morgan fingerprint density at radius 2 is 2.05 bits per heavy atom. The van der Waals surface area contributed by atoms with E-state index in [0.717, 1.165) is 5.92 Å². The number of nitrogens with two attached hydrogens (primary N) is 1. The normalized spacial score (nSPS) is 29.7. The van der Waals surface area contributed by atoms with E-state index in [1.807, 2.05) is 0 Å². The minimum Gasteiger partial charge on any atom is -0.302 e. The predicted molar refractivity (Wildman–Crippen MR) is 83.9 cm³/mol. The highest BCUT2D eigenvalue weighted by Gasteiger charge is 2.42. The van der Waals surface area contributed by atoms with Gasteiger partial charge < -0.3 is 4.90 Å². The summed E-state index contributed by atoms with van der Waals surface area (Å²) in [6.07, 6.45) is 11.8. The second-order valence-electron chi connectivity index (χ2n) is 6.77. The predicted octanol–water partition coefficient (Wildman–Crippen LogP) is 3.30. The van der Waals surface area contributed by atoms with Crippen molar-refractivity contribution in [2.24, 2.45) is 11.8 Å². The summed E-state index contributed by atoms with van der Waals surface area (Å²) in [5.41, 5.74) is 3.41. The van der Waals surface area contributed by atoms with Gasteiger partial charge in [0.15, 0.2) is 0 Å². The average Bonchev–Trinajstić information content (AvgIpc) is 2.38. The summed E-state index contributed by atoms with van der Waals surface area (Å²) in [4.78, 5) is 2.44. The zero-order valence-corrected chi connectivity index (χ0v) is 13.5. The Balaban J connectivity index is 2.65. The van der Waals surface area contributed by atoms with Crippen LogP contribution in [0.4, 0.5) is 0 Å². The third-order valence-electron chi connectivity index (χ3n) is 5.10. The van der Waals surface area contributed by atoms with Crippen molar-refractivity contribution in [3.8, 4) is 0 Å². The maximum Gasteiger partial charge on any atom is 0.0394 e. The molecule has 0 aromatic rings. The van der Waals surface area contributed by atoms with E-state index in [-0.39, 0.29) is 5.54 Å². The van der Waals surface area contributed by atoms with Crippen LogP contribution in [-0.4, -0.2) is 30.6 Å². The van der Waals surface area contributed by atoms with Crippen molar-refractivity contribution in [1.82, 2.24) is 10.3 Å². The molecule has 1 saturated carbocycles. The van der Waals surface area contributed by atoms with Gasteiger partial charge in [0.1, 0.15) is 0 Å². The number of nitrogens with one attached hydrogen (secondary N) is 1. The standard InChI is InChI=1S/C16H35N3/c1-5-6-7-8-11-15(18-17)16(19(3)4)12-9-10-14(2)13-16/h14-15,18H,5-13,17H2,1-4H3. The van der Waals surface area contributed by atoms with E-state index in [9.17, 15) is 0 Å². The highest BCUT2D eigenvalue weighted by Crippen LogP contribution is 2.39. The third kappa shape index (κ3) is 4.44. The highest BCUT2D eigenvalue weighted by atomic mass is 15.3. The Hall–Kier alpha value is -0.120. The molecule has 0 amide bonds. The zero-order valence-electron chi connectivity index (χ0n) is 13.5. The van der Waals surface area contributed by atoms with Gasteiger partial charge in [-0.3, -0.25) is 11.3 Å². The van der Waals surface area contributed by atoms with Crippen LogP contribution in [0, 0.1) is 5.92 Å². The van der Waals surface area contributed by atoms with Crippen LogP contribution in [0.1, 0.15) is 71.6 Å². The minimum atomic E-state index is 0.263. The molecule has 0 radical (unpaired) electrons. The first kappa shape index (κ1) is 16.9. The summed E-state index contributed by atoms with van der Waals surface area (Å²) in [5, 5.41) is 0. The Morgan fingerprint density at radius 1 is 1.32 bits per heavy atom. The summed E-state index contributed by atoms with van der Waals surface area (Å²) in [5.74, 6) is 6.73. The molecule has 19 heavy (non-hydrogen) atoms. The first-order valence-electron chi connectivity index (χ1n) is 8.20. The average molecular weight is 269 g/mol. The molecule has 3 atom stereocenters. The van der Waals surface area contributed by atoms with Gasteiger partial charge in [-0.1, -0.05) is 52.4 Å². The van der Waals surface area contributed by atoms with Gasteiger partial charge in [-0.15, -0.1) is 0 Å². The molecule has 3 heteroatoms. The Morgan fingerprint density at radius 3 is 2.58 bits per heavy atom. The van der Waals surface area contributed by atoms with Crippen molar-refractivity contribution in [3.63, 3.8) is 0 Å². The monoisotopic (exact) mass is 269 g/mol. The van der Waals surface area contributed by atoms with Crippen molar-refractivity contribution < 1.29 is 0 Å². The van der Waals surface area contributed by atoms with E-state index in [1.165, 1.54) is 57.8 Å². The van der Waals surface area contributed by atoms with Crippen LogP contribution in [0.5, 0.6) is 0 Å². The van der Waals surface area contributed by atoms with E-state index >= 15 is 0 Å². The van der Waals surface area contributed by atoms with Crippen LogP contribution < -0.4 is 11.3 Å². The fourth-order valence-corrected chi connectivity index (χ4v) is 3.88. The van der Waals surface area contributed by atoms with E-state index in [0.29, 0.717) is 6.04 Å². The first-order chi connectivity index (χ1) is 9.06. The molecule has 3 nitrogen and oxygen atoms in total. The lowest BCUT2D eigenvalue weighted by Crippen LogP contribution is -2.62. The van der Waals surface area contributed by atoms with Gasteiger partial charge in [0.25, 0.3) is 0 Å². The molecule has 0 heterocycles. The van der Waals surface area contributed by atoms with Crippen molar-refractivity contribution >= 4 is 0 Å². The lowest BCUT2D eigenvalue weighted by molar-refractivity contribution is 0.0334. The summed E-state index contributed by atoms with van der Waals surface area (Å²) < 4.78 is 0. The molecular weight excluding hydrogens is 234 g/mol. The molecule has 3 unspecified atom stereocenters. The molecule has 0 aliphatic heterocycles. The van der Waals surface area contributed by atoms with Crippen LogP contribution in [0.25, 0.3) is 0 Å². The molecule has 0 aromatic heterocycles. The Kier molecular flexibility index (Phi) is 7.33. The molecule has 0 saturated heterocycles. The molecule has 1 rings (SSSR count). The maximum atomic E-state index is 5.91. The number of likely N-dealkylation sites (N-methyl/N-ethyl adjacent to an activating group) is 1. The quantitative estimate of drug-likeness (QED) is 0.403. The molecule has 114 valence electrons. The topological polar surface area (TPSA) is 41.3 Å². The Bertz CT molecular complexity index is 242. The van der Waals surface area contributed by atoms with Gasteiger partial charge in [-0.25, -0.2) is 0 Å². The van der Waals surface area contributed by atoms with Gasteiger partial charge in [0.2, 0.25) is 0 Å². The molecular formula is C16H35N3.